The standard InChI is InChI=1S/C10H14N/c1-8-10-5-3-4-9(10)6-7-11(8)2/h6-7H,3-5H2,1-2H3/q+1. The van der Waals surface area contributed by atoms with Gasteiger partial charge in [0.2, 0.25) is 0 Å². The van der Waals surface area contributed by atoms with E-state index in [0.29, 0.717) is 0 Å². The first-order chi connectivity index (χ1) is 5.29. The molecule has 2 rings (SSSR count). The predicted octanol–water partition coefficient (Wildman–Crippen LogP) is 1.31. The Hall–Kier alpha value is -0.850. The van der Waals surface area contributed by atoms with E-state index >= 15 is 0 Å². The first-order valence-electron chi connectivity index (χ1n) is 4.26. The van der Waals surface area contributed by atoms with Gasteiger partial charge >= 0.3 is 0 Å². The van der Waals surface area contributed by atoms with Crippen LogP contribution in [0.25, 0.3) is 0 Å². The Morgan fingerprint density at radius 1 is 1.36 bits per heavy atom. The minimum atomic E-state index is 1.29. The van der Waals surface area contributed by atoms with Crippen LogP contribution >= 0.6 is 0 Å². The Morgan fingerprint density at radius 2 is 2.18 bits per heavy atom. The molecule has 0 fully saturated rings. The summed E-state index contributed by atoms with van der Waals surface area (Å²) in [5.41, 5.74) is 4.61. The third-order valence-corrected chi connectivity index (χ3v) is 2.73. The Kier molecular flexibility index (Phi) is 1.45. The monoisotopic (exact) mass is 148 g/mol. The van der Waals surface area contributed by atoms with Crippen molar-refractivity contribution in [3.8, 4) is 0 Å². The number of aromatic nitrogens is 1. The lowest BCUT2D eigenvalue weighted by molar-refractivity contribution is -0.678. The van der Waals surface area contributed by atoms with Crippen molar-refractivity contribution < 1.29 is 4.57 Å². The Bertz CT molecular complexity index is 289. The second-order valence-electron chi connectivity index (χ2n) is 3.37. The maximum absolute atomic E-state index is 2.26. The minimum absolute atomic E-state index is 1.29. The van der Waals surface area contributed by atoms with Gasteiger partial charge < -0.3 is 0 Å². The molecular weight excluding hydrogens is 134 g/mol. The zero-order valence-corrected chi connectivity index (χ0v) is 7.22. The molecule has 58 valence electrons. The summed E-state index contributed by atoms with van der Waals surface area (Å²) in [6, 6.07) is 2.26. The number of hydrogen-bond donors (Lipinski definition) is 0. The summed E-state index contributed by atoms with van der Waals surface area (Å²) in [6.45, 7) is 2.21. The summed E-state index contributed by atoms with van der Waals surface area (Å²) in [6.07, 6.45) is 6.09. The SMILES string of the molecule is Cc1c2c(cc[n+]1C)CCC2. The van der Waals surface area contributed by atoms with Gasteiger partial charge in [-0.05, 0) is 24.8 Å². The number of aryl methyl sites for hydroxylation is 2. The number of pyridine rings is 1. The van der Waals surface area contributed by atoms with Gasteiger partial charge in [-0.25, -0.2) is 4.57 Å². The van der Waals surface area contributed by atoms with Crippen molar-refractivity contribution in [2.24, 2.45) is 7.05 Å². The van der Waals surface area contributed by atoms with E-state index in [-0.39, 0.29) is 0 Å². The van der Waals surface area contributed by atoms with Crippen LogP contribution in [-0.4, -0.2) is 0 Å². The molecule has 1 nitrogen and oxygen atoms in total. The van der Waals surface area contributed by atoms with Crippen LogP contribution in [0.2, 0.25) is 0 Å². The third-order valence-electron chi connectivity index (χ3n) is 2.73. The lowest BCUT2D eigenvalue weighted by atomic mass is 10.1. The molecule has 0 unspecified atom stereocenters. The van der Waals surface area contributed by atoms with E-state index in [1.54, 1.807) is 11.1 Å². The highest BCUT2D eigenvalue weighted by Crippen LogP contribution is 2.21. The van der Waals surface area contributed by atoms with Crippen LogP contribution < -0.4 is 4.57 Å². The zero-order chi connectivity index (χ0) is 7.84. The van der Waals surface area contributed by atoms with Gasteiger partial charge in [-0.15, -0.1) is 0 Å². The fraction of sp³-hybridized carbons (Fsp3) is 0.500. The smallest absolute Gasteiger partial charge is 0.181 e. The summed E-state index contributed by atoms with van der Waals surface area (Å²) in [5, 5.41) is 0. The van der Waals surface area contributed by atoms with E-state index in [2.05, 4.69) is 30.8 Å². The summed E-state index contributed by atoms with van der Waals surface area (Å²) < 4.78 is 2.21. The fourth-order valence-electron chi connectivity index (χ4n) is 1.89. The van der Waals surface area contributed by atoms with Crippen LogP contribution in [0.4, 0.5) is 0 Å². The van der Waals surface area contributed by atoms with Crippen LogP contribution in [0, 0.1) is 6.92 Å². The molecule has 1 aliphatic carbocycles. The highest BCUT2D eigenvalue weighted by Gasteiger charge is 2.17. The molecule has 0 spiro atoms. The van der Waals surface area contributed by atoms with Crippen molar-refractivity contribution in [1.82, 2.24) is 0 Å². The second kappa shape index (κ2) is 2.33. The van der Waals surface area contributed by atoms with Crippen molar-refractivity contribution in [3.05, 3.63) is 29.1 Å². The van der Waals surface area contributed by atoms with E-state index in [4.69, 9.17) is 0 Å². The highest BCUT2D eigenvalue weighted by atomic mass is 14.9. The molecule has 1 heterocycles. The molecule has 1 heteroatoms. The third kappa shape index (κ3) is 0.953. The molecule has 0 N–H and O–H groups in total. The van der Waals surface area contributed by atoms with Gasteiger partial charge in [-0.1, -0.05) is 0 Å². The predicted molar refractivity (Wildman–Crippen MR) is 44.4 cm³/mol. The minimum Gasteiger partial charge on any atom is -0.205 e. The molecule has 1 aromatic rings. The van der Waals surface area contributed by atoms with Crippen molar-refractivity contribution in [2.45, 2.75) is 26.2 Å². The van der Waals surface area contributed by atoms with Gasteiger partial charge in [0.1, 0.15) is 7.05 Å². The molecule has 1 aromatic heterocycles. The Labute approximate surface area is 67.7 Å². The zero-order valence-electron chi connectivity index (χ0n) is 7.22. The summed E-state index contributed by atoms with van der Waals surface area (Å²) in [7, 11) is 2.12. The molecule has 0 amide bonds. The topological polar surface area (TPSA) is 3.88 Å². The largest absolute Gasteiger partial charge is 0.205 e. The first-order valence-corrected chi connectivity index (χ1v) is 4.26. The highest BCUT2D eigenvalue weighted by molar-refractivity contribution is 5.30. The second-order valence-corrected chi connectivity index (χ2v) is 3.37. The van der Waals surface area contributed by atoms with E-state index in [9.17, 15) is 0 Å². The lowest BCUT2D eigenvalue weighted by Gasteiger charge is -1.99. The molecular formula is C10H14N+. The van der Waals surface area contributed by atoms with Crippen molar-refractivity contribution in [2.75, 3.05) is 0 Å². The van der Waals surface area contributed by atoms with Gasteiger partial charge in [-0.3, -0.25) is 0 Å². The lowest BCUT2D eigenvalue weighted by Crippen LogP contribution is -2.32. The molecule has 0 atom stereocenters. The van der Waals surface area contributed by atoms with E-state index in [0.717, 1.165) is 0 Å². The molecule has 0 aliphatic heterocycles. The first kappa shape index (κ1) is 6.84. The average Bonchev–Trinajstić information content (AvgIpc) is 2.45. The van der Waals surface area contributed by atoms with Gasteiger partial charge in [0.15, 0.2) is 11.9 Å². The molecule has 0 radical (unpaired) electrons. The van der Waals surface area contributed by atoms with Gasteiger partial charge in [0, 0.05) is 18.6 Å². The Balaban J connectivity index is 2.62. The molecule has 0 bridgehead atoms. The van der Waals surface area contributed by atoms with Crippen LogP contribution in [0.1, 0.15) is 23.2 Å². The quantitative estimate of drug-likeness (QED) is 0.488. The van der Waals surface area contributed by atoms with Crippen LogP contribution in [0.3, 0.4) is 0 Å². The van der Waals surface area contributed by atoms with E-state index in [1.807, 2.05) is 0 Å². The number of rotatable bonds is 0. The summed E-state index contributed by atoms with van der Waals surface area (Å²) in [4.78, 5) is 0. The van der Waals surface area contributed by atoms with Crippen molar-refractivity contribution in [1.29, 1.82) is 0 Å². The van der Waals surface area contributed by atoms with E-state index in [1.165, 1.54) is 25.0 Å². The molecule has 11 heavy (non-hydrogen) atoms. The van der Waals surface area contributed by atoms with Crippen molar-refractivity contribution in [3.63, 3.8) is 0 Å². The van der Waals surface area contributed by atoms with Crippen LogP contribution in [0.5, 0.6) is 0 Å². The van der Waals surface area contributed by atoms with Gasteiger partial charge in [-0.2, -0.15) is 0 Å². The van der Waals surface area contributed by atoms with Gasteiger partial charge in [0.25, 0.3) is 0 Å². The molecule has 1 aliphatic rings. The van der Waals surface area contributed by atoms with Crippen LogP contribution in [0.15, 0.2) is 12.3 Å². The average molecular weight is 148 g/mol. The molecule has 0 saturated carbocycles. The fourth-order valence-corrected chi connectivity index (χ4v) is 1.89. The summed E-state index contributed by atoms with van der Waals surface area (Å²) >= 11 is 0. The number of fused-ring (bicyclic) bond motifs is 1. The maximum Gasteiger partial charge on any atom is 0.181 e. The molecule has 0 saturated heterocycles. The van der Waals surface area contributed by atoms with Gasteiger partial charge in [0.05, 0.1) is 0 Å². The Morgan fingerprint density at radius 3 is 3.00 bits per heavy atom. The maximum atomic E-state index is 2.26. The summed E-state index contributed by atoms with van der Waals surface area (Å²) in [5.74, 6) is 0. The number of hydrogen-bond acceptors (Lipinski definition) is 0. The van der Waals surface area contributed by atoms with Crippen molar-refractivity contribution >= 4 is 0 Å². The number of nitrogens with zero attached hydrogens (tertiary/aromatic N) is 1. The normalized spacial score (nSPS) is 15.1. The van der Waals surface area contributed by atoms with Crippen LogP contribution in [-0.2, 0) is 19.9 Å². The van der Waals surface area contributed by atoms with E-state index < -0.39 is 0 Å². The molecule has 0 aromatic carbocycles.